The van der Waals surface area contributed by atoms with Crippen LogP contribution in [-0.2, 0) is 9.47 Å². The molecule has 6 rings (SSSR count). The summed E-state index contributed by atoms with van der Waals surface area (Å²) in [6, 6.07) is 18.1. The van der Waals surface area contributed by atoms with Gasteiger partial charge in [0.2, 0.25) is 0 Å². The van der Waals surface area contributed by atoms with E-state index < -0.39 is 5.97 Å². The third kappa shape index (κ3) is 4.80. The van der Waals surface area contributed by atoms with E-state index in [9.17, 15) is 10.1 Å². The summed E-state index contributed by atoms with van der Waals surface area (Å²) in [4.78, 5) is 24.8. The van der Waals surface area contributed by atoms with Crippen LogP contribution in [0, 0.1) is 17.2 Å². The van der Waals surface area contributed by atoms with Gasteiger partial charge in [0.25, 0.3) is 0 Å². The van der Waals surface area contributed by atoms with Crippen molar-refractivity contribution >= 4 is 22.8 Å². The number of hydrogen-bond donors (Lipinski definition) is 0. The molecule has 3 aromatic heterocycles. The molecule has 4 aromatic rings. The summed E-state index contributed by atoms with van der Waals surface area (Å²) < 4.78 is 12.8. The van der Waals surface area contributed by atoms with Crippen LogP contribution in [0.3, 0.4) is 0 Å². The molecule has 9 nitrogen and oxygen atoms in total. The first-order valence-electron chi connectivity index (χ1n) is 13.9. The molecule has 0 spiro atoms. The molecule has 1 saturated carbocycles. The van der Waals surface area contributed by atoms with Crippen LogP contribution in [0.4, 0.5) is 5.82 Å². The number of aromatic nitrogens is 4. The molecule has 40 heavy (non-hydrogen) atoms. The van der Waals surface area contributed by atoms with Gasteiger partial charge in [-0.25, -0.2) is 19.4 Å². The van der Waals surface area contributed by atoms with Gasteiger partial charge in [0.1, 0.15) is 5.82 Å². The third-order valence-corrected chi connectivity index (χ3v) is 8.03. The molecular formula is C31H32N6O3. The summed E-state index contributed by atoms with van der Waals surface area (Å²) in [6.45, 7) is 3.67. The normalized spacial score (nSPS) is 19.3. The first-order valence-corrected chi connectivity index (χ1v) is 13.9. The number of ether oxygens (including phenoxy) is 2. The second-order valence-electron chi connectivity index (χ2n) is 10.4. The zero-order valence-corrected chi connectivity index (χ0v) is 22.8. The molecule has 0 amide bonds. The van der Waals surface area contributed by atoms with Gasteiger partial charge in [0.05, 0.1) is 35.5 Å². The lowest BCUT2D eigenvalue weighted by Crippen LogP contribution is -2.33. The maximum absolute atomic E-state index is 12.9. The summed E-state index contributed by atoms with van der Waals surface area (Å²) in [5.74, 6) is 0.755. The predicted molar refractivity (Wildman–Crippen MR) is 151 cm³/mol. The van der Waals surface area contributed by atoms with E-state index in [0.29, 0.717) is 5.65 Å². The summed E-state index contributed by atoms with van der Waals surface area (Å²) in [5.41, 5.74) is 4.41. The van der Waals surface area contributed by atoms with Crippen LogP contribution in [0.2, 0.25) is 0 Å². The Hall–Kier alpha value is -4.29. The summed E-state index contributed by atoms with van der Waals surface area (Å²) in [7, 11) is 1.75. The first-order chi connectivity index (χ1) is 19.6. The molecule has 1 aliphatic carbocycles. The number of benzene rings is 1. The van der Waals surface area contributed by atoms with E-state index in [1.807, 2.05) is 59.4 Å². The average molecular weight is 537 g/mol. The van der Waals surface area contributed by atoms with E-state index >= 15 is 0 Å². The fourth-order valence-electron chi connectivity index (χ4n) is 5.67. The molecule has 1 aliphatic heterocycles. The van der Waals surface area contributed by atoms with Gasteiger partial charge in [-0.15, -0.1) is 0 Å². The molecule has 0 unspecified atom stereocenters. The van der Waals surface area contributed by atoms with Crippen molar-refractivity contribution in [2.75, 3.05) is 31.7 Å². The standard InChI is InChI=1S/C31H32N6O3/c1-3-40-31(38)26-17-25(21-9-10-27(33-19-21)36-13-11-20(18-32)12-14-36)28-29(22-15-24(16-22)39-2)35-37(30(28)34-26)23-7-5-4-6-8-23/h4-10,17,19-20,22,24H,3,11-16H2,1-2H3. The van der Waals surface area contributed by atoms with Gasteiger partial charge >= 0.3 is 5.97 Å². The van der Waals surface area contributed by atoms with Crippen molar-refractivity contribution in [1.82, 2.24) is 19.7 Å². The lowest BCUT2D eigenvalue weighted by atomic mass is 9.78. The van der Waals surface area contributed by atoms with Crippen LogP contribution < -0.4 is 4.90 Å². The Labute approximate surface area is 233 Å². The van der Waals surface area contributed by atoms with Crippen molar-refractivity contribution in [2.45, 2.75) is 44.6 Å². The Morgan fingerprint density at radius 3 is 2.55 bits per heavy atom. The molecule has 0 radical (unpaired) electrons. The topological polar surface area (TPSA) is 106 Å². The highest BCUT2D eigenvalue weighted by molar-refractivity contribution is 6.00. The van der Waals surface area contributed by atoms with E-state index in [0.717, 1.165) is 72.5 Å². The second kappa shape index (κ2) is 11.1. The summed E-state index contributed by atoms with van der Waals surface area (Å²) in [5, 5.41) is 15.2. The van der Waals surface area contributed by atoms with Gasteiger partial charge in [-0.2, -0.15) is 10.4 Å². The van der Waals surface area contributed by atoms with Crippen molar-refractivity contribution in [3.63, 3.8) is 0 Å². The smallest absolute Gasteiger partial charge is 0.357 e. The Kier molecular flexibility index (Phi) is 7.18. The van der Waals surface area contributed by atoms with E-state index in [-0.39, 0.29) is 30.2 Å². The molecule has 1 aromatic carbocycles. The number of para-hydroxylation sites is 1. The van der Waals surface area contributed by atoms with Crippen molar-refractivity contribution in [3.05, 3.63) is 66.1 Å². The Morgan fingerprint density at radius 2 is 1.90 bits per heavy atom. The third-order valence-electron chi connectivity index (χ3n) is 8.03. The number of carbonyl (C=O) groups excluding carboxylic acids is 1. The van der Waals surface area contributed by atoms with Crippen molar-refractivity contribution in [3.8, 4) is 22.9 Å². The molecule has 2 fully saturated rings. The van der Waals surface area contributed by atoms with Gasteiger partial charge < -0.3 is 14.4 Å². The monoisotopic (exact) mass is 536 g/mol. The van der Waals surface area contributed by atoms with Crippen LogP contribution in [0.1, 0.15) is 54.7 Å². The Bertz CT molecular complexity index is 1550. The van der Waals surface area contributed by atoms with Crippen molar-refractivity contribution in [2.24, 2.45) is 5.92 Å². The number of carbonyl (C=O) groups is 1. The number of methoxy groups -OCH3 is 1. The second-order valence-corrected chi connectivity index (χ2v) is 10.4. The van der Waals surface area contributed by atoms with E-state index in [4.69, 9.17) is 24.5 Å². The van der Waals surface area contributed by atoms with Gasteiger partial charge in [0.15, 0.2) is 11.3 Å². The summed E-state index contributed by atoms with van der Waals surface area (Å²) >= 11 is 0. The van der Waals surface area contributed by atoms with E-state index in [1.54, 1.807) is 14.0 Å². The maximum atomic E-state index is 12.9. The highest BCUT2D eigenvalue weighted by atomic mass is 16.5. The van der Waals surface area contributed by atoms with E-state index in [2.05, 4.69) is 11.0 Å². The fourth-order valence-corrected chi connectivity index (χ4v) is 5.67. The number of anilines is 1. The highest BCUT2D eigenvalue weighted by Gasteiger charge is 2.35. The number of hydrogen-bond acceptors (Lipinski definition) is 8. The minimum absolute atomic E-state index is 0.116. The zero-order chi connectivity index (χ0) is 27.6. The highest BCUT2D eigenvalue weighted by Crippen LogP contribution is 2.44. The van der Waals surface area contributed by atoms with Crippen molar-refractivity contribution in [1.29, 1.82) is 5.26 Å². The SMILES string of the molecule is CCOC(=O)c1cc(-c2ccc(N3CCC(C#N)CC3)nc2)c2c(C3CC(OC)C3)nn(-c3ccccc3)c2n1. The van der Waals surface area contributed by atoms with Crippen LogP contribution in [0.5, 0.6) is 0 Å². The first kappa shape index (κ1) is 26.0. The molecule has 204 valence electrons. The van der Waals surface area contributed by atoms with Gasteiger partial charge in [-0.1, -0.05) is 18.2 Å². The molecule has 0 N–H and O–H groups in total. The lowest BCUT2D eigenvalue weighted by molar-refractivity contribution is 0.0250. The maximum Gasteiger partial charge on any atom is 0.357 e. The average Bonchev–Trinajstić information content (AvgIpc) is 3.36. The van der Waals surface area contributed by atoms with Gasteiger partial charge in [-0.05, 0) is 68.5 Å². The molecule has 0 bridgehead atoms. The molecular weight excluding hydrogens is 504 g/mol. The quantitative estimate of drug-likeness (QED) is 0.293. The largest absolute Gasteiger partial charge is 0.461 e. The molecule has 2 aliphatic rings. The number of piperidine rings is 1. The van der Waals surface area contributed by atoms with E-state index in [1.165, 1.54) is 0 Å². The van der Waals surface area contributed by atoms with Crippen molar-refractivity contribution < 1.29 is 14.3 Å². The Morgan fingerprint density at radius 1 is 1.12 bits per heavy atom. The van der Waals surface area contributed by atoms with Crippen LogP contribution in [0.25, 0.3) is 27.8 Å². The van der Waals surface area contributed by atoms with Gasteiger partial charge in [-0.3, -0.25) is 0 Å². The number of rotatable bonds is 7. The summed E-state index contributed by atoms with van der Waals surface area (Å²) in [6.07, 6.45) is 5.53. The van der Waals surface area contributed by atoms with Crippen LogP contribution in [0.15, 0.2) is 54.7 Å². The molecule has 4 heterocycles. The lowest BCUT2D eigenvalue weighted by Gasteiger charge is -2.33. The number of esters is 1. The number of nitrogens with zero attached hydrogens (tertiary/aromatic N) is 6. The molecule has 0 atom stereocenters. The molecule has 9 heteroatoms. The zero-order valence-electron chi connectivity index (χ0n) is 22.8. The van der Waals surface area contributed by atoms with Crippen LogP contribution in [-0.4, -0.2) is 58.6 Å². The fraction of sp³-hybridized carbons (Fsp3) is 0.387. The molecule has 1 saturated heterocycles. The number of nitriles is 1. The minimum atomic E-state index is -0.471. The number of fused-ring (bicyclic) bond motifs is 1. The van der Waals surface area contributed by atoms with Crippen LogP contribution >= 0.6 is 0 Å². The minimum Gasteiger partial charge on any atom is -0.461 e. The van der Waals surface area contributed by atoms with Gasteiger partial charge in [0, 0.05) is 43.8 Å². The number of pyridine rings is 2. The predicted octanol–water partition coefficient (Wildman–Crippen LogP) is 5.29. The Balaban J connectivity index is 1.48.